The fourth-order valence-corrected chi connectivity index (χ4v) is 3.07. The lowest BCUT2D eigenvalue weighted by atomic mass is 10.2. The number of hydrogen-bond acceptors (Lipinski definition) is 4. The molecule has 0 aliphatic rings. The van der Waals surface area contributed by atoms with E-state index in [0.717, 1.165) is 6.07 Å². The molecule has 1 aromatic carbocycles. The normalized spacial score (nSPS) is 13.8. The van der Waals surface area contributed by atoms with E-state index in [1.807, 2.05) is 0 Å². The van der Waals surface area contributed by atoms with Crippen molar-refractivity contribution < 1.29 is 19.0 Å². The van der Waals surface area contributed by atoms with Gasteiger partial charge in [0.25, 0.3) is 5.69 Å². The molecule has 1 N–H and O–H groups in total. The second-order valence-corrected chi connectivity index (χ2v) is 5.85. The lowest BCUT2D eigenvalue weighted by Gasteiger charge is -2.10. The Morgan fingerprint density at radius 3 is 2.68 bits per heavy atom. The standard InChI is InChI=1S/C11H12ClNO5S/c1-2-10(11(14)15)19(18)6-7-3-4-8(12)5-9(7)13(16)17/h3-5,10H,2,6H2,1H3,(H,14,15). The molecule has 0 heterocycles. The van der Waals surface area contributed by atoms with Gasteiger partial charge in [-0.15, -0.1) is 0 Å². The Hall–Kier alpha value is -1.47. The molecule has 6 nitrogen and oxygen atoms in total. The average Bonchev–Trinajstić information content (AvgIpc) is 2.31. The van der Waals surface area contributed by atoms with Crippen LogP contribution in [0, 0.1) is 10.1 Å². The average molecular weight is 306 g/mol. The molecule has 0 bridgehead atoms. The summed E-state index contributed by atoms with van der Waals surface area (Å²) in [6.07, 6.45) is 0.198. The second-order valence-electron chi connectivity index (χ2n) is 3.79. The Morgan fingerprint density at radius 1 is 1.58 bits per heavy atom. The molecular weight excluding hydrogens is 294 g/mol. The van der Waals surface area contributed by atoms with E-state index in [1.54, 1.807) is 6.92 Å². The molecule has 1 aromatic rings. The number of halogens is 1. The Bertz CT molecular complexity index is 534. The second kappa shape index (κ2) is 6.63. The zero-order chi connectivity index (χ0) is 14.6. The summed E-state index contributed by atoms with van der Waals surface area (Å²) in [5.74, 6) is -1.35. The van der Waals surface area contributed by atoms with Gasteiger partial charge >= 0.3 is 5.97 Å². The van der Waals surface area contributed by atoms with Gasteiger partial charge in [-0.05, 0) is 18.6 Å². The van der Waals surface area contributed by atoms with Crippen molar-refractivity contribution in [3.63, 3.8) is 0 Å². The number of nitrogens with zero attached hydrogens (tertiary/aromatic N) is 1. The van der Waals surface area contributed by atoms with E-state index >= 15 is 0 Å². The summed E-state index contributed by atoms with van der Waals surface area (Å²) in [5, 5.41) is 18.9. The monoisotopic (exact) mass is 305 g/mol. The Morgan fingerprint density at radius 2 is 2.21 bits per heavy atom. The number of benzene rings is 1. The van der Waals surface area contributed by atoms with Crippen molar-refractivity contribution in [3.05, 3.63) is 38.9 Å². The van der Waals surface area contributed by atoms with Gasteiger partial charge in [0.1, 0.15) is 5.25 Å². The van der Waals surface area contributed by atoms with Crippen LogP contribution in [0.3, 0.4) is 0 Å². The van der Waals surface area contributed by atoms with E-state index in [2.05, 4.69) is 0 Å². The molecule has 0 aliphatic heterocycles. The summed E-state index contributed by atoms with van der Waals surface area (Å²) in [4.78, 5) is 21.1. The first-order valence-corrected chi connectivity index (χ1v) is 7.15. The minimum Gasteiger partial charge on any atom is -0.480 e. The van der Waals surface area contributed by atoms with Crippen LogP contribution in [0.2, 0.25) is 5.02 Å². The van der Waals surface area contributed by atoms with E-state index in [1.165, 1.54) is 12.1 Å². The Balaban J connectivity index is 3.02. The summed E-state index contributed by atoms with van der Waals surface area (Å²) in [5.41, 5.74) is -0.0338. The van der Waals surface area contributed by atoms with Gasteiger partial charge in [0.05, 0.1) is 10.7 Å². The zero-order valence-electron chi connectivity index (χ0n) is 10.0. The SMILES string of the molecule is CCC(C(=O)O)S(=O)Cc1ccc(Cl)cc1[N+](=O)[O-]. The van der Waals surface area contributed by atoms with Gasteiger partial charge in [-0.25, -0.2) is 0 Å². The first-order chi connectivity index (χ1) is 8.86. The maximum absolute atomic E-state index is 11.9. The summed E-state index contributed by atoms with van der Waals surface area (Å²) >= 11 is 5.66. The van der Waals surface area contributed by atoms with Crippen LogP contribution in [0.25, 0.3) is 0 Å². The molecule has 0 saturated heterocycles. The lowest BCUT2D eigenvalue weighted by molar-refractivity contribution is -0.385. The fraction of sp³-hybridized carbons (Fsp3) is 0.364. The van der Waals surface area contributed by atoms with Crippen LogP contribution in [-0.4, -0.2) is 25.5 Å². The van der Waals surface area contributed by atoms with Gasteiger partial charge in [0, 0.05) is 27.5 Å². The number of carboxylic acids is 1. The van der Waals surface area contributed by atoms with Crippen LogP contribution in [-0.2, 0) is 21.3 Å². The van der Waals surface area contributed by atoms with E-state index < -0.39 is 26.9 Å². The molecule has 1 rings (SSSR count). The predicted octanol–water partition coefficient (Wildman–Crippen LogP) is 2.36. The molecule has 0 saturated carbocycles. The van der Waals surface area contributed by atoms with Crippen LogP contribution in [0.1, 0.15) is 18.9 Å². The number of nitro benzene ring substituents is 1. The lowest BCUT2D eigenvalue weighted by Crippen LogP contribution is -2.25. The van der Waals surface area contributed by atoms with Crippen LogP contribution < -0.4 is 0 Å². The third-order valence-electron chi connectivity index (χ3n) is 2.51. The van der Waals surface area contributed by atoms with Crippen molar-refractivity contribution >= 4 is 34.1 Å². The highest BCUT2D eigenvalue weighted by atomic mass is 35.5. The fourth-order valence-electron chi connectivity index (χ4n) is 1.56. The molecule has 0 fully saturated rings. The zero-order valence-corrected chi connectivity index (χ0v) is 11.6. The van der Waals surface area contributed by atoms with Crippen molar-refractivity contribution in [2.75, 3.05) is 0 Å². The molecule has 0 aromatic heterocycles. The highest BCUT2D eigenvalue weighted by Gasteiger charge is 2.25. The van der Waals surface area contributed by atoms with Crippen molar-refractivity contribution in [1.82, 2.24) is 0 Å². The molecule has 2 unspecified atom stereocenters. The molecule has 0 radical (unpaired) electrons. The highest BCUT2D eigenvalue weighted by Crippen LogP contribution is 2.25. The van der Waals surface area contributed by atoms with Crippen molar-refractivity contribution in [3.8, 4) is 0 Å². The maximum atomic E-state index is 11.9. The molecule has 2 atom stereocenters. The number of carbonyl (C=O) groups is 1. The third kappa shape index (κ3) is 4.00. The minimum absolute atomic E-state index is 0.182. The van der Waals surface area contributed by atoms with Gasteiger partial charge in [0.2, 0.25) is 0 Å². The molecule has 104 valence electrons. The summed E-state index contributed by atoms with van der Waals surface area (Å²) in [6.45, 7) is 1.60. The summed E-state index contributed by atoms with van der Waals surface area (Å²) in [7, 11) is -1.72. The molecule has 0 aliphatic carbocycles. The first kappa shape index (κ1) is 15.6. The van der Waals surface area contributed by atoms with E-state index in [4.69, 9.17) is 16.7 Å². The quantitative estimate of drug-likeness (QED) is 0.642. The Labute approximate surface area is 117 Å². The smallest absolute Gasteiger partial charge is 0.319 e. The van der Waals surface area contributed by atoms with Crippen LogP contribution >= 0.6 is 11.6 Å². The van der Waals surface area contributed by atoms with E-state index in [-0.39, 0.29) is 28.4 Å². The van der Waals surface area contributed by atoms with E-state index in [0.29, 0.717) is 0 Å². The van der Waals surface area contributed by atoms with Crippen LogP contribution in [0.4, 0.5) is 5.69 Å². The van der Waals surface area contributed by atoms with Crippen molar-refractivity contribution in [2.45, 2.75) is 24.3 Å². The molecular formula is C11H12ClNO5S. The molecule has 19 heavy (non-hydrogen) atoms. The van der Waals surface area contributed by atoms with E-state index in [9.17, 15) is 19.1 Å². The van der Waals surface area contributed by atoms with Gasteiger partial charge in [0.15, 0.2) is 0 Å². The number of nitro groups is 1. The van der Waals surface area contributed by atoms with Gasteiger partial charge < -0.3 is 5.11 Å². The topological polar surface area (TPSA) is 97.5 Å². The number of aliphatic carboxylic acids is 1. The molecule has 8 heteroatoms. The number of hydrogen-bond donors (Lipinski definition) is 1. The molecule has 0 spiro atoms. The van der Waals surface area contributed by atoms with Gasteiger partial charge in [-0.3, -0.25) is 19.1 Å². The highest BCUT2D eigenvalue weighted by molar-refractivity contribution is 7.85. The van der Waals surface area contributed by atoms with Crippen molar-refractivity contribution in [2.24, 2.45) is 0 Å². The van der Waals surface area contributed by atoms with Crippen molar-refractivity contribution in [1.29, 1.82) is 0 Å². The summed E-state index contributed by atoms with van der Waals surface area (Å²) in [6, 6.07) is 4.01. The Kier molecular flexibility index (Phi) is 5.44. The third-order valence-corrected chi connectivity index (χ3v) is 4.51. The minimum atomic E-state index is -1.72. The van der Waals surface area contributed by atoms with Crippen LogP contribution in [0.15, 0.2) is 18.2 Å². The largest absolute Gasteiger partial charge is 0.480 e. The van der Waals surface area contributed by atoms with Crippen LogP contribution in [0.5, 0.6) is 0 Å². The predicted molar refractivity (Wildman–Crippen MR) is 71.7 cm³/mol. The van der Waals surface area contributed by atoms with Gasteiger partial charge in [-0.1, -0.05) is 18.5 Å². The number of rotatable bonds is 6. The first-order valence-electron chi connectivity index (χ1n) is 5.39. The molecule has 0 amide bonds. The number of carboxylic acid groups (broad SMARTS) is 1. The van der Waals surface area contributed by atoms with Gasteiger partial charge in [-0.2, -0.15) is 0 Å². The maximum Gasteiger partial charge on any atom is 0.319 e. The summed E-state index contributed by atoms with van der Waals surface area (Å²) < 4.78 is 11.9.